The number of hydrogen-bond donors (Lipinski definition) is 2. The summed E-state index contributed by atoms with van der Waals surface area (Å²) in [6.45, 7) is 3.75. The van der Waals surface area contributed by atoms with Gasteiger partial charge in [0.05, 0.1) is 5.56 Å². The van der Waals surface area contributed by atoms with Gasteiger partial charge in [0.2, 0.25) is 5.95 Å². The summed E-state index contributed by atoms with van der Waals surface area (Å²) in [6, 6.07) is 9.22. The van der Waals surface area contributed by atoms with E-state index in [1.165, 1.54) is 0 Å². The lowest BCUT2D eigenvalue weighted by molar-refractivity contribution is 0.0961. The Balaban J connectivity index is 2.07. The molecule has 0 aliphatic rings. The van der Waals surface area contributed by atoms with Crippen LogP contribution in [-0.4, -0.2) is 15.9 Å². The van der Waals surface area contributed by atoms with Gasteiger partial charge in [0, 0.05) is 15.0 Å². The Morgan fingerprint density at radius 2 is 1.79 bits per heavy atom. The summed E-state index contributed by atoms with van der Waals surface area (Å²) in [6.07, 6.45) is 0. The van der Waals surface area contributed by atoms with Gasteiger partial charge in [-0.3, -0.25) is 15.6 Å². The summed E-state index contributed by atoms with van der Waals surface area (Å²) in [4.78, 5) is 20.3. The molecular weight excluding hydrogens is 355 g/mol. The number of benzene rings is 1. The number of rotatable bonds is 3. The Labute approximate surface area is 125 Å². The lowest BCUT2D eigenvalue weighted by atomic mass is 10.2. The monoisotopic (exact) mass is 368 g/mol. The number of nitrogens with one attached hydrogen (secondary N) is 2. The lowest BCUT2D eigenvalue weighted by Crippen LogP contribution is -2.31. The predicted octanol–water partition coefficient (Wildman–Crippen LogP) is 2.45. The van der Waals surface area contributed by atoms with Crippen LogP contribution in [-0.2, 0) is 0 Å². The number of nitrogens with zero attached hydrogens (tertiary/aromatic N) is 2. The second-order valence-corrected chi connectivity index (χ2v) is 5.20. The molecule has 1 aromatic carbocycles. The number of halogens is 1. The van der Waals surface area contributed by atoms with Crippen LogP contribution in [0.4, 0.5) is 5.95 Å². The minimum absolute atomic E-state index is 0.215. The highest BCUT2D eigenvalue weighted by Crippen LogP contribution is 2.11. The third-order valence-electron chi connectivity index (χ3n) is 2.39. The van der Waals surface area contributed by atoms with Crippen molar-refractivity contribution in [2.45, 2.75) is 13.8 Å². The fourth-order valence-electron chi connectivity index (χ4n) is 1.61. The highest BCUT2D eigenvalue weighted by Gasteiger charge is 2.09. The zero-order valence-corrected chi connectivity index (χ0v) is 12.7. The number of carbonyl (C=O) groups is 1. The number of amides is 1. The van der Waals surface area contributed by atoms with Crippen molar-refractivity contribution < 1.29 is 4.79 Å². The van der Waals surface area contributed by atoms with Crippen LogP contribution in [0.2, 0.25) is 0 Å². The van der Waals surface area contributed by atoms with Gasteiger partial charge < -0.3 is 0 Å². The topological polar surface area (TPSA) is 66.9 Å². The predicted molar refractivity (Wildman–Crippen MR) is 81.8 cm³/mol. The first-order chi connectivity index (χ1) is 9.06. The molecule has 0 bridgehead atoms. The maximum absolute atomic E-state index is 12.0. The largest absolute Gasteiger partial charge is 0.270 e. The van der Waals surface area contributed by atoms with Gasteiger partial charge in [-0.1, -0.05) is 12.1 Å². The summed E-state index contributed by atoms with van der Waals surface area (Å²) in [5.41, 5.74) is 7.62. The molecule has 5 nitrogen and oxygen atoms in total. The number of hydrazine groups is 1. The maximum atomic E-state index is 12.0. The van der Waals surface area contributed by atoms with Gasteiger partial charge in [-0.15, -0.1) is 0 Å². The van der Waals surface area contributed by atoms with E-state index >= 15 is 0 Å². The lowest BCUT2D eigenvalue weighted by Gasteiger charge is -2.09. The smallest absolute Gasteiger partial charge is 0.267 e. The Kier molecular flexibility index (Phi) is 4.31. The molecule has 2 aromatic rings. The van der Waals surface area contributed by atoms with Crippen molar-refractivity contribution in [3.63, 3.8) is 0 Å². The van der Waals surface area contributed by atoms with Gasteiger partial charge >= 0.3 is 0 Å². The third kappa shape index (κ3) is 3.63. The summed E-state index contributed by atoms with van der Waals surface area (Å²) in [5, 5.41) is 0. The number of aryl methyl sites for hydroxylation is 2. The molecule has 0 radical (unpaired) electrons. The van der Waals surface area contributed by atoms with Crippen LogP contribution in [0.25, 0.3) is 0 Å². The average Bonchev–Trinajstić information content (AvgIpc) is 2.35. The molecule has 0 fully saturated rings. The van der Waals surface area contributed by atoms with E-state index in [0.29, 0.717) is 11.5 Å². The van der Waals surface area contributed by atoms with Crippen molar-refractivity contribution >= 4 is 34.4 Å². The summed E-state index contributed by atoms with van der Waals surface area (Å²) >= 11 is 2.12. The molecule has 0 aliphatic carbocycles. The molecule has 2 rings (SSSR count). The molecule has 0 unspecified atom stereocenters. The molecule has 6 heteroatoms. The van der Waals surface area contributed by atoms with Crippen LogP contribution in [0.1, 0.15) is 21.7 Å². The highest BCUT2D eigenvalue weighted by molar-refractivity contribution is 14.1. The van der Waals surface area contributed by atoms with Gasteiger partial charge in [-0.25, -0.2) is 9.97 Å². The first kappa shape index (κ1) is 13.7. The van der Waals surface area contributed by atoms with Crippen LogP contribution in [0.15, 0.2) is 30.3 Å². The van der Waals surface area contributed by atoms with Crippen LogP contribution in [0.3, 0.4) is 0 Å². The molecule has 1 amide bonds. The summed E-state index contributed by atoms with van der Waals surface area (Å²) < 4.78 is 0.890. The van der Waals surface area contributed by atoms with Crippen LogP contribution in [0, 0.1) is 17.4 Å². The molecule has 19 heavy (non-hydrogen) atoms. The molecule has 0 atom stereocenters. The van der Waals surface area contributed by atoms with E-state index in [4.69, 9.17) is 0 Å². The normalized spacial score (nSPS) is 10.1. The second-order valence-electron chi connectivity index (χ2n) is 4.03. The molecule has 98 valence electrons. The van der Waals surface area contributed by atoms with Crippen molar-refractivity contribution in [3.8, 4) is 0 Å². The summed E-state index contributed by atoms with van der Waals surface area (Å²) in [5.74, 6) is 0.171. The fourth-order valence-corrected chi connectivity index (χ4v) is 2.24. The quantitative estimate of drug-likeness (QED) is 0.645. The first-order valence-electron chi connectivity index (χ1n) is 5.69. The van der Waals surface area contributed by atoms with E-state index in [2.05, 4.69) is 43.4 Å². The van der Waals surface area contributed by atoms with Gasteiger partial charge in [0.25, 0.3) is 5.91 Å². The number of hydrogen-bond acceptors (Lipinski definition) is 4. The van der Waals surface area contributed by atoms with Gasteiger partial charge in [-0.2, -0.15) is 0 Å². The van der Waals surface area contributed by atoms with E-state index in [1.807, 2.05) is 38.1 Å². The summed E-state index contributed by atoms with van der Waals surface area (Å²) in [7, 11) is 0. The zero-order valence-electron chi connectivity index (χ0n) is 10.6. The van der Waals surface area contributed by atoms with E-state index in [0.717, 1.165) is 15.0 Å². The second kappa shape index (κ2) is 5.96. The van der Waals surface area contributed by atoms with Gasteiger partial charge in [0.15, 0.2) is 0 Å². The number of carbonyl (C=O) groups excluding carboxylic acids is 1. The minimum Gasteiger partial charge on any atom is -0.267 e. The molecule has 0 saturated carbocycles. The molecule has 0 saturated heterocycles. The van der Waals surface area contributed by atoms with Crippen molar-refractivity contribution in [2.24, 2.45) is 0 Å². The molecule has 0 spiro atoms. The molecule has 0 aliphatic heterocycles. The molecule has 2 N–H and O–H groups in total. The highest BCUT2D eigenvalue weighted by atomic mass is 127. The van der Waals surface area contributed by atoms with E-state index in [1.54, 1.807) is 6.07 Å². The Morgan fingerprint density at radius 1 is 1.16 bits per heavy atom. The van der Waals surface area contributed by atoms with Crippen molar-refractivity contribution in [1.82, 2.24) is 15.4 Å². The van der Waals surface area contributed by atoms with Gasteiger partial charge in [0.1, 0.15) is 0 Å². The minimum atomic E-state index is -0.215. The molecule has 1 aromatic heterocycles. The molecular formula is C13H13IN4O. The number of anilines is 1. The van der Waals surface area contributed by atoms with E-state index in [-0.39, 0.29) is 5.91 Å². The Hall–Kier alpha value is -1.70. The maximum Gasteiger partial charge on any atom is 0.270 e. The number of aromatic nitrogens is 2. The van der Waals surface area contributed by atoms with E-state index < -0.39 is 0 Å². The standard InChI is InChI=1S/C13H13IN4O/c1-8-7-9(2)16-13(15-8)18-17-12(19)10-5-3-4-6-11(10)14/h3-7H,1-2H3,(H,17,19)(H,15,16,18). The Bertz CT molecular complexity index is 595. The third-order valence-corrected chi connectivity index (χ3v) is 3.33. The van der Waals surface area contributed by atoms with Crippen LogP contribution in [0.5, 0.6) is 0 Å². The van der Waals surface area contributed by atoms with Crippen molar-refractivity contribution in [1.29, 1.82) is 0 Å². The fraction of sp³-hybridized carbons (Fsp3) is 0.154. The zero-order chi connectivity index (χ0) is 13.8. The Morgan fingerprint density at radius 3 is 2.42 bits per heavy atom. The first-order valence-corrected chi connectivity index (χ1v) is 6.77. The van der Waals surface area contributed by atoms with Crippen molar-refractivity contribution in [3.05, 3.63) is 50.9 Å². The van der Waals surface area contributed by atoms with Gasteiger partial charge in [-0.05, 0) is 54.6 Å². The van der Waals surface area contributed by atoms with Crippen LogP contribution < -0.4 is 10.9 Å². The average molecular weight is 368 g/mol. The SMILES string of the molecule is Cc1cc(C)nc(NNC(=O)c2ccccc2I)n1. The van der Waals surface area contributed by atoms with Crippen molar-refractivity contribution in [2.75, 3.05) is 5.43 Å². The molecule has 1 heterocycles. The van der Waals surface area contributed by atoms with Crippen LogP contribution >= 0.6 is 22.6 Å². The van der Waals surface area contributed by atoms with E-state index in [9.17, 15) is 4.79 Å².